The van der Waals surface area contributed by atoms with E-state index in [0.29, 0.717) is 10.0 Å². The van der Waals surface area contributed by atoms with Crippen LogP contribution in [-0.2, 0) is 6.54 Å². The van der Waals surface area contributed by atoms with E-state index in [4.69, 9.17) is 27.6 Å². The molecule has 0 aliphatic rings. The Morgan fingerprint density at radius 3 is 2.64 bits per heavy atom. The van der Waals surface area contributed by atoms with Crippen LogP contribution in [0.1, 0.15) is 44.8 Å². The third kappa shape index (κ3) is 5.35. The molecule has 0 aliphatic heterocycles. The normalized spacial score (nSPS) is 11.0. The average Bonchev–Trinajstić information content (AvgIpc) is 2.97. The highest BCUT2D eigenvalue weighted by Crippen LogP contribution is 2.31. The van der Waals surface area contributed by atoms with Crippen LogP contribution in [0.4, 0.5) is 0 Å². The molecular weight excluding hydrogens is 317 g/mol. The quantitative estimate of drug-likeness (QED) is 0.541. The number of benzene rings is 1. The number of furan rings is 1. The Hall–Kier alpha value is -0.960. The SMILES string of the molecule is CCCCCCCNCc1ccc(-c2cc(Cl)ccc2Cl)o1. The van der Waals surface area contributed by atoms with Crippen LogP contribution in [0.25, 0.3) is 11.3 Å². The first kappa shape index (κ1) is 17.4. The lowest BCUT2D eigenvalue weighted by molar-refractivity contribution is 0.486. The zero-order valence-corrected chi connectivity index (χ0v) is 14.5. The van der Waals surface area contributed by atoms with Crippen molar-refractivity contribution < 1.29 is 4.42 Å². The van der Waals surface area contributed by atoms with Crippen LogP contribution in [-0.4, -0.2) is 6.54 Å². The topological polar surface area (TPSA) is 25.2 Å². The van der Waals surface area contributed by atoms with Crippen LogP contribution >= 0.6 is 23.2 Å². The maximum atomic E-state index is 6.19. The molecule has 0 radical (unpaired) electrons. The first-order valence-corrected chi connectivity index (χ1v) is 8.71. The molecule has 120 valence electrons. The van der Waals surface area contributed by atoms with Crippen LogP contribution in [0, 0.1) is 0 Å². The fourth-order valence-corrected chi connectivity index (χ4v) is 2.75. The molecule has 1 aromatic heterocycles. The van der Waals surface area contributed by atoms with Gasteiger partial charge in [0.1, 0.15) is 11.5 Å². The molecule has 0 saturated heterocycles. The third-order valence-corrected chi connectivity index (χ3v) is 4.18. The van der Waals surface area contributed by atoms with Crippen LogP contribution in [0.2, 0.25) is 10.0 Å². The number of nitrogens with one attached hydrogen (secondary N) is 1. The van der Waals surface area contributed by atoms with E-state index in [1.54, 1.807) is 12.1 Å². The van der Waals surface area contributed by atoms with Gasteiger partial charge in [0, 0.05) is 10.6 Å². The van der Waals surface area contributed by atoms with Gasteiger partial charge < -0.3 is 9.73 Å². The van der Waals surface area contributed by atoms with Gasteiger partial charge in [-0.25, -0.2) is 0 Å². The molecule has 0 atom stereocenters. The van der Waals surface area contributed by atoms with E-state index in [2.05, 4.69) is 12.2 Å². The van der Waals surface area contributed by atoms with Crippen LogP contribution in [0.3, 0.4) is 0 Å². The predicted molar refractivity (Wildman–Crippen MR) is 94.6 cm³/mol. The Bertz CT molecular complexity index is 580. The van der Waals surface area contributed by atoms with Gasteiger partial charge in [0.05, 0.1) is 11.6 Å². The first-order valence-electron chi connectivity index (χ1n) is 7.95. The first-order chi connectivity index (χ1) is 10.7. The Kier molecular flexibility index (Phi) is 7.31. The second kappa shape index (κ2) is 9.24. The molecule has 0 unspecified atom stereocenters. The monoisotopic (exact) mass is 339 g/mol. The van der Waals surface area contributed by atoms with Crippen molar-refractivity contribution in [3.05, 3.63) is 46.1 Å². The maximum Gasteiger partial charge on any atom is 0.135 e. The lowest BCUT2D eigenvalue weighted by atomic mass is 10.1. The smallest absolute Gasteiger partial charge is 0.135 e. The van der Waals surface area contributed by atoms with Gasteiger partial charge in [-0.1, -0.05) is 55.8 Å². The Morgan fingerprint density at radius 1 is 1.00 bits per heavy atom. The minimum atomic E-state index is 0.647. The van der Waals surface area contributed by atoms with Crippen molar-refractivity contribution in [2.75, 3.05) is 6.54 Å². The fraction of sp³-hybridized carbons (Fsp3) is 0.444. The van der Waals surface area contributed by atoms with Crippen molar-refractivity contribution in [2.45, 2.75) is 45.6 Å². The van der Waals surface area contributed by atoms with Gasteiger partial charge in [-0.05, 0) is 43.3 Å². The van der Waals surface area contributed by atoms with Gasteiger partial charge in [0.15, 0.2) is 0 Å². The van der Waals surface area contributed by atoms with E-state index in [1.165, 1.54) is 32.1 Å². The number of halogens is 2. The number of unbranched alkanes of at least 4 members (excludes halogenated alkanes) is 4. The summed E-state index contributed by atoms with van der Waals surface area (Å²) in [7, 11) is 0. The van der Waals surface area contributed by atoms with E-state index in [-0.39, 0.29) is 0 Å². The van der Waals surface area contributed by atoms with Crippen molar-refractivity contribution >= 4 is 23.2 Å². The molecule has 0 amide bonds. The van der Waals surface area contributed by atoms with Gasteiger partial charge in [-0.15, -0.1) is 0 Å². The Balaban J connectivity index is 1.80. The molecular formula is C18H23Cl2NO. The summed E-state index contributed by atoms with van der Waals surface area (Å²) in [5.41, 5.74) is 0.833. The van der Waals surface area contributed by atoms with Crippen molar-refractivity contribution in [3.63, 3.8) is 0 Å². The van der Waals surface area contributed by atoms with Crippen molar-refractivity contribution in [1.29, 1.82) is 0 Å². The molecule has 0 fully saturated rings. The van der Waals surface area contributed by atoms with Crippen molar-refractivity contribution in [1.82, 2.24) is 5.32 Å². The third-order valence-electron chi connectivity index (χ3n) is 3.61. The molecule has 0 aliphatic carbocycles. The highest BCUT2D eigenvalue weighted by Gasteiger charge is 2.09. The minimum absolute atomic E-state index is 0.647. The van der Waals surface area contributed by atoms with E-state index >= 15 is 0 Å². The maximum absolute atomic E-state index is 6.19. The van der Waals surface area contributed by atoms with E-state index < -0.39 is 0 Å². The van der Waals surface area contributed by atoms with E-state index in [1.807, 2.05) is 18.2 Å². The molecule has 1 N–H and O–H groups in total. The molecule has 22 heavy (non-hydrogen) atoms. The number of hydrogen-bond acceptors (Lipinski definition) is 2. The van der Waals surface area contributed by atoms with Crippen molar-refractivity contribution in [2.24, 2.45) is 0 Å². The summed E-state index contributed by atoms with van der Waals surface area (Å²) in [4.78, 5) is 0. The minimum Gasteiger partial charge on any atom is -0.460 e. The molecule has 0 bridgehead atoms. The summed E-state index contributed by atoms with van der Waals surface area (Å²) in [5, 5.41) is 4.72. The number of rotatable bonds is 9. The molecule has 2 nitrogen and oxygen atoms in total. The van der Waals surface area contributed by atoms with Gasteiger partial charge in [-0.2, -0.15) is 0 Å². The molecule has 2 aromatic rings. The Labute approximate surface area is 142 Å². The van der Waals surface area contributed by atoms with Crippen LogP contribution in [0.5, 0.6) is 0 Å². The summed E-state index contributed by atoms with van der Waals surface area (Å²) >= 11 is 12.2. The van der Waals surface area contributed by atoms with Gasteiger partial charge in [0.25, 0.3) is 0 Å². The van der Waals surface area contributed by atoms with E-state index in [9.17, 15) is 0 Å². The predicted octanol–water partition coefficient (Wildman–Crippen LogP) is 6.31. The zero-order valence-electron chi connectivity index (χ0n) is 13.0. The fourth-order valence-electron chi connectivity index (χ4n) is 2.37. The second-order valence-electron chi connectivity index (χ2n) is 5.48. The molecule has 4 heteroatoms. The highest BCUT2D eigenvalue weighted by atomic mass is 35.5. The van der Waals surface area contributed by atoms with Crippen LogP contribution in [0.15, 0.2) is 34.7 Å². The van der Waals surface area contributed by atoms with Crippen LogP contribution < -0.4 is 5.32 Å². The van der Waals surface area contributed by atoms with Gasteiger partial charge in [0.2, 0.25) is 0 Å². The Morgan fingerprint density at radius 2 is 1.82 bits per heavy atom. The summed E-state index contributed by atoms with van der Waals surface area (Å²) in [6.07, 6.45) is 6.46. The molecule has 1 aromatic carbocycles. The lowest BCUT2D eigenvalue weighted by Gasteiger charge is -2.03. The number of hydrogen-bond donors (Lipinski definition) is 1. The molecule has 0 spiro atoms. The van der Waals surface area contributed by atoms with E-state index in [0.717, 1.165) is 30.2 Å². The summed E-state index contributed by atoms with van der Waals surface area (Å²) in [6.45, 7) is 4.00. The zero-order chi connectivity index (χ0) is 15.8. The molecule has 0 saturated carbocycles. The highest BCUT2D eigenvalue weighted by molar-refractivity contribution is 6.35. The second-order valence-corrected chi connectivity index (χ2v) is 6.32. The van der Waals surface area contributed by atoms with Gasteiger partial charge in [-0.3, -0.25) is 0 Å². The molecule has 2 rings (SSSR count). The summed E-state index contributed by atoms with van der Waals surface area (Å²) in [6, 6.07) is 9.31. The van der Waals surface area contributed by atoms with Crippen molar-refractivity contribution in [3.8, 4) is 11.3 Å². The lowest BCUT2D eigenvalue weighted by Crippen LogP contribution is -2.14. The summed E-state index contributed by atoms with van der Waals surface area (Å²) in [5.74, 6) is 1.67. The average molecular weight is 340 g/mol. The molecule has 1 heterocycles. The standard InChI is InChI=1S/C18H23Cl2NO/c1-2-3-4-5-6-11-21-13-15-8-10-18(22-15)16-12-14(19)7-9-17(16)20/h7-10,12,21H,2-6,11,13H2,1H3. The largest absolute Gasteiger partial charge is 0.460 e. The summed E-state index contributed by atoms with van der Waals surface area (Å²) < 4.78 is 5.85. The van der Waals surface area contributed by atoms with Gasteiger partial charge >= 0.3 is 0 Å².